The second-order valence-electron chi connectivity index (χ2n) is 6.12. The molecule has 0 saturated heterocycles. The quantitative estimate of drug-likeness (QED) is 0.424. The Morgan fingerprint density at radius 2 is 1.80 bits per heavy atom. The molecule has 0 heterocycles. The SMILES string of the molecule is CCN=N/N=C(\C)C1=CCCC=C1c1ccc(CN(C)C(C)=O)cc1. The molecule has 25 heavy (non-hydrogen) atoms. The average molecular weight is 338 g/mol. The Morgan fingerprint density at radius 3 is 2.44 bits per heavy atom. The number of nitrogens with zero attached hydrogens (tertiary/aromatic N) is 4. The van der Waals surface area contributed by atoms with E-state index < -0.39 is 0 Å². The summed E-state index contributed by atoms with van der Waals surface area (Å²) in [6.07, 6.45) is 6.50. The Balaban J connectivity index is 2.20. The van der Waals surface area contributed by atoms with E-state index in [1.807, 2.05) is 20.9 Å². The number of carbonyl (C=O) groups is 1. The summed E-state index contributed by atoms with van der Waals surface area (Å²) in [5.41, 5.74) is 5.46. The van der Waals surface area contributed by atoms with Gasteiger partial charge in [0.05, 0.1) is 12.3 Å². The van der Waals surface area contributed by atoms with Gasteiger partial charge in [0.2, 0.25) is 5.91 Å². The van der Waals surface area contributed by atoms with Gasteiger partial charge in [-0.25, -0.2) is 0 Å². The zero-order valence-corrected chi connectivity index (χ0v) is 15.5. The predicted molar refractivity (Wildman–Crippen MR) is 102 cm³/mol. The van der Waals surface area contributed by atoms with E-state index in [2.05, 4.69) is 51.9 Å². The molecule has 2 rings (SSSR count). The lowest BCUT2D eigenvalue weighted by atomic mass is 9.89. The lowest BCUT2D eigenvalue weighted by Gasteiger charge is -2.18. The molecule has 5 nitrogen and oxygen atoms in total. The van der Waals surface area contributed by atoms with Gasteiger partial charge in [0.1, 0.15) is 0 Å². The second kappa shape index (κ2) is 9.06. The van der Waals surface area contributed by atoms with E-state index in [9.17, 15) is 4.79 Å². The number of hydrogen-bond donors (Lipinski definition) is 0. The van der Waals surface area contributed by atoms with E-state index in [1.165, 1.54) is 5.57 Å². The number of carbonyl (C=O) groups excluding carboxylic acids is 1. The van der Waals surface area contributed by atoms with Gasteiger partial charge in [-0.2, -0.15) is 5.11 Å². The monoisotopic (exact) mass is 338 g/mol. The maximum absolute atomic E-state index is 11.4. The molecule has 0 spiro atoms. The predicted octanol–water partition coefficient (Wildman–Crippen LogP) is 4.62. The number of benzene rings is 1. The first-order chi connectivity index (χ1) is 12.0. The summed E-state index contributed by atoms with van der Waals surface area (Å²) in [5.74, 6) is 0.0670. The van der Waals surface area contributed by atoms with Crippen molar-refractivity contribution in [1.82, 2.24) is 4.90 Å². The summed E-state index contributed by atoms with van der Waals surface area (Å²) < 4.78 is 0. The maximum Gasteiger partial charge on any atom is 0.219 e. The van der Waals surface area contributed by atoms with Crippen LogP contribution in [0.15, 0.2) is 57.4 Å². The molecule has 1 aromatic carbocycles. The van der Waals surface area contributed by atoms with E-state index in [-0.39, 0.29) is 5.91 Å². The third-order valence-electron chi connectivity index (χ3n) is 4.17. The molecule has 0 fully saturated rings. The molecule has 1 aromatic rings. The third-order valence-corrected chi connectivity index (χ3v) is 4.17. The molecule has 0 aliphatic heterocycles. The molecule has 1 amide bonds. The van der Waals surface area contributed by atoms with Gasteiger partial charge in [-0.15, -0.1) is 5.10 Å². The van der Waals surface area contributed by atoms with Crippen molar-refractivity contribution in [2.45, 2.75) is 40.2 Å². The summed E-state index contributed by atoms with van der Waals surface area (Å²) >= 11 is 0. The molecular weight excluding hydrogens is 312 g/mol. The molecule has 0 unspecified atom stereocenters. The molecule has 0 saturated carbocycles. The minimum absolute atomic E-state index is 0.0670. The van der Waals surface area contributed by atoms with Gasteiger partial charge in [-0.05, 0) is 48.6 Å². The van der Waals surface area contributed by atoms with Crippen molar-refractivity contribution in [2.75, 3.05) is 13.6 Å². The lowest BCUT2D eigenvalue weighted by Crippen LogP contribution is -2.22. The summed E-state index contributed by atoms with van der Waals surface area (Å²) in [4.78, 5) is 13.1. The molecule has 0 bridgehead atoms. The first kappa shape index (κ1) is 18.8. The largest absolute Gasteiger partial charge is 0.342 e. The molecule has 0 aromatic heterocycles. The van der Waals surface area contributed by atoms with Gasteiger partial charge in [0.25, 0.3) is 0 Å². The van der Waals surface area contributed by atoms with Crippen molar-refractivity contribution >= 4 is 17.2 Å². The molecule has 5 heteroatoms. The van der Waals surface area contributed by atoms with Crippen molar-refractivity contribution in [1.29, 1.82) is 0 Å². The van der Waals surface area contributed by atoms with E-state index in [0.29, 0.717) is 13.1 Å². The van der Waals surface area contributed by atoms with Crippen molar-refractivity contribution in [3.8, 4) is 0 Å². The summed E-state index contributed by atoms with van der Waals surface area (Å²) in [7, 11) is 1.81. The molecule has 1 aliphatic rings. The van der Waals surface area contributed by atoms with Crippen LogP contribution >= 0.6 is 0 Å². The highest BCUT2D eigenvalue weighted by Gasteiger charge is 2.14. The Labute approximate surface area is 149 Å². The van der Waals surface area contributed by atoms with Gasteiger partial charge in [0.15, 0.2) is 0 Å². The highest BCUT2D eigenvalue weighted by atomic mass is 16.2. The van der Waals surface area contributed by atoms with E-state index in [1.54, 1.807) is 11.8 Å². The van der Waals surface area contributed by atoms with Crippen LogP contribution in [0.3, 0.4) is 0 Å². The van der Waals surface area contributed by atoms with Crippen LogP contribution in [0.4, 0.5) is 0 Å². The fraction of sp³-hybridized carbons (Fsp3) is 0.400. The number of amides is 1. The third kappa shape index (κ3) is 5.21. The van der Waals surface area contributed by atoms with E-state index >= 15 is 0 Å². The van der Waals surface area contributed by atoms with Crippen LogP contribution in [0, 0.1) is 0 Å². The van der Waals surface area contributed by atoms with Crippen LogP contribution < -0.4 is 0 Å². The zero-order valence-electron chi connectivity index (χ0n) is 15.5. The first-order valence-electron chi connectivity index (χ1n) is 8.66. The molecule has 0 N–H and O–H groups in total. The smallest absolute Gasteiger partial charge is 0.219 e. The average Bonchev–Trinajstić information content (AvgIpc) is 2.62. The molecular formula is C20H26N4O. The van der Waals surface area contributed by atoms with Crippen molar-refractivity contribution in [2.24, 2.45) is 15.4 Å². The van der Waals surface area contributed by atoms with Gasteiger partial charge in [0, 0.05) is 26.1 Å². The van der Waals surface area contributed by atoms with E-state index in [4.69, 9.17) is 0 Å². The fourth-order valence-corrected chi connectivity index (χ4v) is 2.68. The molecule has 1 aliphatic carbocycles. The zero-order chi connectivity index (χ0) is 18.2. The summed E-state index contributed by atoms with van der Waals surface area (Å²) in [6, 6.07) is 8.36. The normalized spacial score (nSPS) is 15.1. The van der Waals surface area contributed by atoms with Crippen LogP contribution in [0.5, 0.6) is 0 Å². The summed E-state index contributed by atoms with van der Waals surface area (Å²) in [6.45, 7) is 6.74. The van der Waals surface area contributed by atoms with Crippen LogP contribution in [0.2, 0.25) is 0 Å². The van der Waals surface area contributed by atoms with Crippen LogP contribution in [-0.2, 0) is 11.3 Å². The number of hydrogen-bond acceptors (Lipinski definition) is 3. The standard InChI is InChI=1S/C20H26N4O/c1-5-21-23-22-15(2)19-8-6-7-9-20(19)18-12-10-17(11-13-18)14-24(4)16(3)25/h8-13H,5-7,14H2,1-4H3/b22-15+,23-21?. The van der Waals surface area contributed by atoms with Gasteiger partial charge in [-0.3, -0.25) is 4.79 Å². The van der Waals surface area contributed by atoms with E-state index in [0.717, 1.165) is 35.3 Å². The minimum Gasteiger partial charge on any atom is -0.342 e. The minimum atomic E-state index is 0.0670. The highest BCUT2D eigenvalue weighted by Crippen LogP contribution is 2.29. The van der Waals surface area contributed by atoms with Crippen LogP contribution in [-0.4, -0.2) is 30.1 Å². The number of allylic oxidation sites excluding steroid dienone is 4. The summed E-state index contributed by atoms with van der Waals surface area (Å²) in [5, 5.41) is 12.0. The fourth-order valence-electron chi connectivity index (χ4n) is 2.68. The van der Waals surface area contributed by atoms with Crippen LogP contribution in [0.25, 0.3) is 5.57 Å². The molecule has 0 radical (unpaired) electrons. The van der Waals surface area contributed by atoms with Crippen molar-refractivity contribution < 1.29 is 4.79 Å². The van der Waals surface area contributed by atoms with Crippen molar-refractivity contribution in [3.05, 3.63) is 53.1 Å². The Hall–Kier alpha value is -2.56. The maximum atomic E-state index is 11.4. The Morgan fingerprint density at radius 1 is 1.12 bits per heavy atom. The Kier molecular flexibility index (Phi) is 6.81. The van der Waals surface area contributed by atoms with Gasteiger partial charge in [-0.1, -0.05) is 36.4 Å². The van der Waals surface area contributed by atoms with Gasteiger partial charge >= 0.3 is 0 Å². The molecule has 132 valence electrons. The second-order valence-corrected chi connectivity index (χ2v) is 6.12. The van der Waals surface area contributed by atoms with Crippen molar-refractivity contribution in [3.63, 3.8) is 0 Å². The highest BCUT2D eigenvalue weighted by molar-refractivity contribution is 6.12. The first-order valence-corrected chi connectivity index (χ1v) is 8.66. The Bertz CT molecular complexity index is 727. The number of rotatable bonds is 6. The van der Waals surface area contributed by atoms with Gasteiger partial charge < -0.3 is 4.90 Å². The topological polar surface area (TPSA) is 57.4 Å². The lowest BCUT2D eigenvalue weighted by molar-refractivity contribution is -0.128. The van der Waals surface area contributed by atoms with Crippen LogP contribution in [0.1, 0.15) is 44.7 Å². The molecule has 0 atom stereocenters.